The van der Waals surface area contributed by atoms with E-state index in [1.165, 1.54) is 5.56 Å². The second-order valence-electron chi connectivity index (χ2n) is 6.17. The van der Waals surface area contributed by atoms with Gasteiger partial charge in [-0.2, -0.15) is 0 Å². The number of amides is 1. The second-order valence-corrected chi connectivity index (χ2v) is 6.17. The molecule has 0 bridgehead atoms. The molecule has 0 aliphatic carbocycles. The highest BCUT2D eigenvalue weighted by molar-refractivity contribution is 5.93. The molecule has 3 rings (SSSR count). The second kappa shape index (κ2) is 8.25. The van der Waals surface area contributed by atoms with Gasteiger partial charge < -0.3 is 10.6 Å². The van der Waals surface area contributed by atoms with Gasteiger partial charge in [-0.25, -0.2) is 9.97 Å². The molecule has 0 atom stereocenters. The molecule has 2 N–H and O–H groups in total. The number of nitrogens with zero attached hydrogens (tertiary/aromatic N) is 2. The van der Waals surface area contributed by atoms with Gasteiger partial charge in [0.15, 0.2) is 0 Å². The van der Waals surface area contributed by atoms with Gasteiger partial charge in [-0.05, 0) is 43.5 Å². The Morgan fingerprint density at radius 2 is 1.77 bits per heavy atom. The highest BCUT2D eigenvalue weighted by atomic mass is 16.1. The van der Waals surface area contributed by atoms with Gasteiger partial charge in [0.2, 0.25) is 0 Å². The molecule has 1 aromatic heterocycles. The van der Waals surface area contributed by atoms with Crippen LogP contribution >= 0.6 is 0 Å². The topological polar surface area (TPSA) is 66.9 Å². The molecule has 0 unspecified atom stereocenters. The standard InChI is InChI=1S/C21H22N4O/c1-15-7-6-10-18(13-15)25-20-14-19(23-16(2)24-20)21(26)22-12-11-17-8-4-3-5-9-17/h3-10,13-14H,11-12H2,1-2H3,(H,22,26)(H,23,24,25). The van der Waals surface area contributed by atoms with Crippen molar-refractivity contribution in [2.75, 3.05) is 11.9 Å². The zero-order valence-electron chi connectivity index (χ0n) is 15.0. The number of hydrogen-bond acceptors (Lipinski definition) is 4. The van der Waals surface area contributed by atoms with Crippen LogP contribution in [-0.2, 0) is 6.42 Å². The monoisotopic (exact) mass is 346 g/mol. The first kappa shape index (κ1) is 17.6. The van der Waals surface area contributed by atoms with Crippen LogP contribution < -0.4 is 10.6 Å². The van der Waals surface area contributed by atoms with Crippen LogP contribution in [0.4, 0.5) is 11.5 Å². The third-order valence-corrected chi connectivity index (χ3v) is 3.90. The number of aromatic nitrogens is 2. The Bertz CT molecular complexity index is 894. The molecule has 0 spiro atoms. The average molecular weight is 346 g/mol. The van der Waals surface area contributed by atoms with Gasteiger partial charge in [0.1, 0.15) is 17.3 Å². The van der Waals surface area contributed by atoms with Crippen molar-refractivity contribution in [1.82, 2.24) is 15.3 Å². The van der Waals surface area contributed by atoms with Crippen molar-refractivity contribution >= 4 is 17.4 Å². The number of hydrogen-bond donors (Lipinski definition) is 2. The molecule has 0 saturated carbocycles. The van der Waals surface area contributed by atoms with Crippen LogP contribution in [0.3, 0.4) is 0 Å². The van der Waals surface area contributed by atoms with Crippen molar-refractivity contribution in [2.45, 2.75) is 20.3 Å². The van der Waals surface area contributed by atoms with E-state index in [9.17, 15) is 4.79 Å². The Hall–Kier alpha value is -3.21. The third kappa shape index (κ3) is 4.89. The van der Waals surface area contributed by atoms with Crippen LogP contribution in [0.15, 0.2) is 60.7 Å². The maximum absolute atomic E-state index is 12.4. The largest absolute Gasteiger partial charge is 0.350 e. The molecule has 0 aliphatic rings. The van der Waals surface area contributed by atoms with Crippen LogP contribution in [-0.4, -0.2) is 22.4 Å². The lowest BCUT2D eigenvalue weighted by Crippen LogP contribution is -2.27. The van der Waals surface area contributed by atoms with Crippen LogP contribution in [0.5, 0.6) is 0 Å². The molecule has 0 radical (unpaired) electrons. The summed E-state index contributed by atoms with van der Waals surface area (Å²) in [6, 6.07) is 19.7. The minimum atomic E-state index is -0.196. The fourth-order valence-corrected chi connectivity index (χ4v) is 2.67. The summed E-state index contributed by atoms with van der Waals surface area (Å²) in [6.45, 7) is 4.37. The van der Waals surface area contributed by atoms with Crippen molar-refractivity contribution in [1.29, 1.82) is 0 Å². The summed E-state index contributed by atoms with van der Waals surface area (Å²) in [5.41, 5.74) is 3.63. The van der Waals surface area contributed by atoms with Gasteiger partial charge in [0.05, 0.1) is 0 Å². The number of nitrogens with one attached hydrogen (secondary N) is 2. The number of carbonyl (C=O) groups is 1. The van der Waals surface area contributed by atoms with Crippen LogP contribution in [0, 0.1) is 13.8 Å². The van der Waals surface area contributed by atoms with E-state index >= 15 is 0 Å². The maximum atomic E-state index is 12.4. The lowest BCUT2D eigenvalue weighted by atomic mass is 10.1. The lowest BCUT2D eigenvalue weighted by molar-refractivity contribution is 0.0949. The Kier molecular flexibility index (Phi) is 5.59. The van der Waals surface area contributed by atoms with Gasteiger partial charge in [-0.3, -0.25) is 4.79 Å². The van der Waals surface area contributed by atoms with E-state index in [-0.39, 0.29) is 5.91 Å². The smallest absolute Gasteiger partial charge is 0.270 e. The van der Waals surface area contributed by atoms with Crippen molar-refractivity contribution in [2.24, 2.45) is 0 Å². The van der Waals surface area contributed by atoms with Gasteiger partial charge in [0.25, 0.3) is 5.91 Å². The molecule has 0 saturated heterocycles. The third-order valence-electron chi connectivity index (χ3n) is 3.90. The highest BCUT2D eigenvalue weighted by Crippen LogP contribution is 2.16. The molecule has 5 nitrogen and oxygen atoms in total. The Labute approximate surface area is 153 Å². The average Bonchev–Trinajstić information content (AvgIpc) is 2.62. The van der Waals surface area contributed by atoms with E-state index in [2.05, 4.69) is 20.6 Å². The zero-order valence-corrected chi connectivity index (χ0v) is 15.0. The Morgan fingerprint density at radius 3 is 2.54 bits per heavy atom. The quantitative estimate of drug-likeness (QED) is 0.712. The molecule has 0 fully saturated rings. The Balaban J connectivity index is 1.65. The summed E-state index contributed by atoms with van der Waals surface area (Å²) < 4.78 is 0. The molecule has 1 heterocycles. The summed E-state index contributed by atoms with van der Waals surface area (Å²) in [7, 11) is 0. The number of rotatable bonds is 6. The lowest BCUT2D eigenvalue weighted by Gasteiger charge is -2.10. The fourth-order valence-electron chi connectivity index (χ4n) is 2.67. The van der Waals surface area contributed by atoms with Gasteiger partial charge in [-0.15, -0.1) is 0 Å². The predicted octanol–water partition coefficient (Wildman–Crippen LogP) is 3.81. The van der Waals surface area contributed by atoms with Crippen molar-refractivity contribution < 1.29 is 4.79 Å². The van der Waals surface area contributed by atoms with Gasteiger partial charge in [-0.1, -0.05) is 42.5 Å². The number of anilines is 2. The molecule has 1 amide bonds. The summed E-state index contributed by atoms with van der Waals surface area (Å²) in [4.78, 5) is 21.0. The van der Waals surface area contributed by atoms with Gasteiger partial charge in [0, 0.05) is 18.3 Å². The highest BCUT2D eigenvalue weighted by Gasteiger charge is 2.10. The molecule has 5 heteroatoms. The van der Waals surface area contributed by atoms with Crippen LogP contribution in [0.25, 0.3) is 0 Å². The number of benzene rings is 2. The molecule has 2 aromatic carbocycles. The maximum Gasteiger partial charge on any atom is 0.270 e. The van der Waals surface area contributed by atoms with Crippen molar-refractivity contribution in [3.8, 4) is 0 Å². The van der Waals surface area contributed by atoms with E-state index in [0.717, 1.165) is 17.7 Å². The zero-order chi connectivity index (χ0) is 18.4. The van der Waals surface area contributed by atoms with E-state index in [1.807, 2.05) is 61.5 Å². The van der Waals surface area contributed by atoms with Crippen molar-refractivity contribution in [3.05, 3.63) is 83.3 Å². The summed E-state index contributed by atoms with van der Waals surface area (Å²) in [5, 5.41) is 6.15. The van der Waals surface area contributed by atoms with E-state index < -0.39 is 0 Å². The van der Waals surface area contributed by atoms with Crippen molar-refractivity contribution in [3.63, 3.8) is 0 Å². The summed E-state index contributed by atoms with van der Waals surface area (Å²) in [6.07, 6.45) is 0.783. The minimum absolute atomic E-state index is 0.196. The molecular formula is C21H22N4O. The number of carbonyl (C=O) groups excluding carboxylic acids is 1. The summed E-state index contributed by atoms with van der Waals surface area (Å²) >= 11 is 0. The normalized spacial score (nSPS) is 10.4. The van der Waals surface area contributed by atoms with E-state index in [0.29, 0.717) is 23.9 Å². The van der Waals surface area contributed by atoms with E-state index in [1.54, 1.807) is 13.0 Å². The fraction of sp³-hybridized carbons (Fsp3) is 0.190. The molecule has 3 aromatic rings. The molecule has 132 valence electrons. The molecule has 26 heavy (non-hydrogen) atoms. The first-order valence-corrected chi connectivity index (χ1v) is 8.62. The Morgan fingerprint density at radius 1 is 0.962 bits per heavy atom. The molecule has 0 aliphatic heterocycles. The van der Waals surface area contributed by atoms with Crippen LogP contribution in [0.1, 0.15) is 27.4 Å². The predicted molar refractivity (Wildman–Crippen MR) is 104 cm³/mol. The first-order chi connectivity index (χ1) is 12.6. The van der Waals surface area contributed by atoms with E-state index in [4.69, 9.17) is 0 Å². The molecular weight excluding hydrogens is 324 g/mol. The minimum Gasteiger partial charge on any atom is -0.350 e. The SMILES string of the molecule is Cc1cccc(Nc2cc(C(=O)NCCc3ccccc3)nc(C)n2)c1. The summed E-state index contributed by atoms with van der Waals surface area (Å²) in [5.74, 6) is 0.964. The van der Waals surface area contributed by atoms with Gasteiger partial charge >= 0.3 is 0 Å². The first-order valence-electron chi connectivity index (χ1n) is 8.62. The number of aryl methyl sites for hydroxylation is 2. The van der Waals surface area contributed by atoms with Crippen LogP contribution in [0.2, 0.25) is 0 Å².